The maximum absolute atomic E-state index is 12.3. The van der Waals surface area contributed by atoms with Gasteiger partial charge in [-0.15, -0.1) is 0 Å². The van der Waals surface area contributed by atoms with Gasteiger partial charge in [0.1, 0.15) is 0 Å². The first-order valence-electron chi connectivity index (χ1n) is 7.27. The lowest BCUT2D eigenvalue weighted by molar-refractivity contribution is -0.133. The van der Waals surface area contributed by atoms with E-state index < -0.39 is 0 Å². The monoisotopic (exact) mass is 285 g/mol. The Hall–Kier alpha value is -0.260. The summed E-state index contributed by atoms with van der Waals surface area (Å²) in [7, 11) is 2.11. The van der Waals surface area contributed by atoms with E-state index in [2.05, 4.69) is 31.1 Å². The zero-order valence-electron chi connectivity index (χ0n) is 12.4. The van der Waals surface area contributed by atoms with Gasteiger partial charge in [-0.05, 0) is 24.6 Å². The van der Waals surface area contributed by atoms with Gasteiger partial charge in [-0.2, -0.15) is 11.8 Å². The molecular formula is C14H27N3OS. The number of carbonyl (C=O) groups excluding carboxylic acids is 1. The predicted molar refractivity (Wildman–Crippen MR) is 81.6 cm³/mol. The molecule has 2 aliphatic heterocycles. The van der Waals surface area contributed by atoms with Gasteiger partial charge in [0.25, 0.3) is 0 Å². The molecule has 2 fully saturated rings. The SMILES string of the molecule is CN(CC(=O)N1CCNCC1)C1CSCCC1(C)C. The first-order chi connectivity index (χ1) is 9.00. The Morgan fingerprint density at radius 1 is 1.42 bits per heavy atom. The van der Waals surface area contributed by atoms with Crippen molar-refractivity contribution < 1.29 is 4.79 Å². The van der Waals surface area contributed by atoms with Crippen LogP contribution in [0.3, 0.4) is 0 Å². The molecule has 2 aliphatic rings. The van der Waals surface area contributed by atoms with Gasteiger partial charge in [0.05, 0.1) is 6.54 Å². The fourth-order valence-corrected chi connectivity index (χ4v) is 4.75. The number of likely N-dealkylation sites (N-methyl/N-ethyl adjacent to an activating group) is 1. The highest BCUT2D eigenvalue weighted by molar-refractivity contribution is 7.99. The summed E-state index contributed by atoms with van der Waals surface area (Å²) < 4.78 is 0. The molecule has 1 amide bonds. The van der Waals surface area contributed by atoms with Crippen LogP contribution in [0.5, 0.6) is 0 Å². The van der Waals surface area contributed by atoms with Crippen LogP contribution < -0.4 is 5.32 Å². The molecule has 2 heterocycles. The highest BCUT2D eigenvalue weighted by Crippen LogP contribution is 2.36. The Morgan fingerprint density at radius 3 is 2.74 bits per heavy atom. The van der Waals surface area contributed by atoms with E-state index in [1.54, 1.807) is 0 Å². The minimum absolute atomic E-state index is 0.287. The molecule has 0 aromatic rings. The maximum atomic E-state index is 12.3. The summed E-state index contributed by atoms with van der Waals surface area (Å²) in [6.07, 6.45) is 1.24. The van der Waals surface area contributed by atoms with E-state index in [1.165, 1.54) is 12.2 Å². The molecule has 110 valence electrons. The molecule has 1 unspecified atom stereocenters. The molecule has 19 heavy (non-hydrogen) atoms. The first kappa shape index (κ1) is 15.1. The van der Waals surface area contributed by atoms with Crippen LogP contribution in [-0.4, -0.2) is 73.0 Å². The normalized spacial score (nSPS) is 27.6. The van der Waals surface area contributed by atoms with Crippen molar-refractivity contribution in [2.24, 2.45) is 5.41 Å². The summed E-state index contributed by atoms with van der Waals surface area (Å²) in [5.41, 5.74) is 0.323. The van der Waals surface area contributed by atoms with Crippen LogP contribution in [0.15, 0.2) is 0 Å². The van der Waals surface area contributed by atoms with Gasteiger partial charge in [-0.25, -0.2) is 0 Å². The summed E-state index contributed by atoms with van der Waals surface area (Å²) in [5.74, 6) is 2.69. The minimum Gasteiger partial charge on any atom is -0.339 e. The van der Waals surface area contributed by atoms with Gasteiger partial charge in [-0.1, -0.05) is 13.8 Å². The molecule has 4 nitrogen and oxygen atoms in total. The number of amides is 1. The second-order valence-corrected chi connectivity index (χ2v) is 7.53. The highest BCUT2D eigenvalue weighted by Gasteiger charge is 2.36. The molecule has 0 spiro atoms. The minimum atomic E-state index is 0.287. The van der Waals surface area contributed by atoms with Gasteiger partial charge in [0, 0.05) is 38.0 Å². The van der Waals surface area contributed by atoms with Gasteiger partial charge in [-0.3, -0.25) is 9.69 Å². The van der Waals surface area contributed by atoms with E-state index in [9.17, 15) is 4.79 Å². The van der Waals surface area contributed by atoms with E-state index in [0.717, 1.165) is 31.9 Å². The van der Waals surface area contributed by atoms with Crippen molar-refractivity contribution in [3.05, 3.63) is 0 Å². The van der Waals surface area contributed by atoms with Gasteiger partial charge in [0.2, 0.25) is 5.91 Å². The second kappa shape index (κ2) is 6.46. The number of rotatable bonds is 3. The van der Waals surface area contributed by atoms with Crippen LogP contribution in [-0.2, 0) is 4.79 Å². The van der Waals surface area contributed by atoms with Crippen molar-refractivity contribution in [1.29, 1.82) is 0 Å². The van der Waals surface area contributed by atoms with Crippen LogP contribution in [0.2, 0.25) is 0 Å². The summed E-state index contributed by atoms with van der Waals surface area (Å²) in [6.45, 7) is 8.81. The van der Waals surface area contributed by atoms with Gasteiger partial charge < -0.3 is 10.2 Å². The molecule has 0 aromatic carbocycles. The third kappa shape index (κ3) is 3.86. The fourth-order valence-electron chi connectivity index (χ4n) is 2.98. The summed E-state index contributed by atoms with van der Waals surface area (Å²) >= 11 is 2.02. The molecule has 1 atom stereocenters. The van der Waals surface area contributed by atoms with Gasteiger partial charge >= 0.3 is 0 Å². The van der Waals surface area contributed by atoms with E-state index in [-0.39, 0.29) is 5.91 Å². The molecule has 0 aliphatic carbocycles. The smallest absolute Gasteiger partial charge is 0.236 e. The third-order valence-corrected chi connectivity index (χ3v) is 5.50. The van der Waals surface area contributed by atoms with Crippen molar-refractivity contribution in [2.45, 2.75) is 26.3 Å². The van der Waals surface area contributed by atoms with Crippen molar-refractivity contribution in [3.8, 4) is 0 Å². The fraction of sp³-hybridized carbons (Fsp3) is 0.929. The zero-order valence-corrected chi connectivity index (χ0v) is 13.3. The first-order valence-corrected chi connectivity index (χ1v) is 8.43. The van der Waals surface area contributed by atoms with Crippen LogP contribution in [0.25, 0.3) is 0 Å². The number of thioether (sulfide) groups is 1. The van der Waals surface area contributed by atoms with Crippen LogP contribution in [0, 0.1) is 5.41 Å². The second-order valence-electron chi connectivity index (χ2n) is 6.38. The number of carbonyl (C=O) groups is 1. The lowest BCUT2D eigenvalue weighted by Crippen LogP contribution is -2.53. The molecule has 1 N–H and O–H groups in total. The number of nitrogens with zero attached hydrogens (tertiary/aromatic N) is 2. The Labute approximate surface area is 121 Å². The number of piperazine rings is 1. The van der Waals surface area contributed by atoms with Crippen LogP contribution >= 0.6 is 11.8 Å². The van der Waals surface area contributed by atoms with E-state index >= 15 is 0 Å². The van der Waals surface area contributed by atoms with Crippen LogP contribution in [0.4, 0.5) is 0 Å². The molecule has 0 radical (unpaired) electrons. The van der Waals surface area contributed by atoms with Crippen LogP contribution in [0.1, 0.15) is 20.3 Å². The largest absolute Gasteiger partial charge is 0.339 e. The Bertz CT molecular complexity index is 316. The standard InChI is InChI=1S/C14H27N3OS/c1-14(2)4-9-19-11-12(14)16(3)10-13(18)17-7-5-15-6-8-17/h12,15H,4-11H2,1-3H3. The van der Waals surface area contributed by atoms with E-state index in [0.29, 0.717) is 18.0 Å². The van der Waals surface area contributed by atoms with Gasteiger partial charge in [0.15, 0.2) is 0 Å². The average molecular weight is 285 g/mol. The maximum Gasteiger partial charge on any atom is 0.236 e. The Balaban J connectivity index is 1.88. The Kier molecular flexibility index (Phi) is 5.15. The molecule has 0 saturated carbocycles. The zero-order chi connectivity index (χ0) is 13.9. The average Bonchev–Trinajstić information content (AvgIpc) is 2.39. The predicted octanol–water partition coefficient (Wildman–Crippen LogP) is 0.882. The number of hydrogen-bond acceptors (Lipinski definition) is 4. The Morgan fingerprint density at radius 2 is 2.11 bits per heavy atom. The summed E-state index contributed by atoms with van der Waals surface area (Å²) in [6, 6.07) is 0.512. The summed E-state index contributed by atoms with van der Waals surface area (Å²) in [4.78, 5) is 16.6. The van der Waals surface area contributed by atoms with Crippen molar-refractivity contribution in [2.75, 3.05) is 51.3 Å². The number of nitrogens with one attached hydrogen (secondary N) is 1. The van der Waals surface area contributed by atoms with E-state index in [1.807, 2.05) is 16.7 Å². The third-order valence-electron chi connectivity index (χ3n) is 4.45. The lowest BCUT2D eigenvalue weighted by atomic mass is 9.81. The van der Waals surface area contributed by atoms with E-state index in [4.69, 9.17) is 0 Å². The quantitative estimate of drug-likeness (QED) is 0.835. The lowest BCUT2D eigenvalue weighted by Gasteiger charge is -2.43. The topological polar surface area (TPSA) is 35.6 Å². The summed E-state index contributed by atoms with van der Waals surface area (Å²) in [5, 5.41) is 3.29. The number of hydrogen-bond donors (Lipinski definition) is 1. The molecule has 0 bridgehead atoms. The molecule has 5 heteroatoms. The van der Waals surface area contributed by atoms with Crippen molar-refractivity contribution in [3.63, 3.8) is 0 Å². The highest BCUT2D eigenvalue weighted by atomic mass is 32.2. The van der Waals surface area contributed by atoms with Crippen molar-refractivity contribution in [1.82, 2.24) is 15.1 Å². The molecule has 2 saturated heterocycles. The van der Waals surface area contributed by atoms with Crippen molar-refractivity contribution >= 4 is 17.7 Å². The molecule has 2 rings (SSSR count). The molecular weight excluding hydrogens is 258 g/mol. The molecule has 0 aromatic heterocycles.